The Balaban J connectivity index is 1.80. The molecule has 1 heterocycles. The minimum atomic E-state index is -3.69. The van der Waals surface area contributed by atoms with Gasteiger partial charge in [-0.05, 0) is 68.7 Å². The number of amides is 2. The van der Waals surface area contributed by atoms with Crippen LogP contribution in [0.15, 0.2) is 42.5 Å². The largest absolute Gasteiger partial charge is 0.324 e. The molecule has 2 aromatic carbocycles. The molecule has 8 heteroatoms. The fourth-order valence-corrected chi connectivity index (χ4v) is 4.85. The SMILES string of the molecule is Cc1ccc(C)c(N([C@@H](C)C(=O)Nc2ccc(N3CCCC3=O)cc2)S(C)(=O)=O)c1. The normalized spacial score (nSPS) is 15.2. The van der Waals surface area contributed by atoms with Gasteiger partial charge in [0.1, 0.15) is 6.04 Å². The fourth-order valence-electron chi connectivity index (χ4n) is 3.63. The number of aryl methyl sites for hydroxylation is 2. The lowest BCUT2D eigenvalue weighted by Crippen LogP contribution is -2.45. The van der Waals surface area contributed by atoms with Crippen molar-refractivity contribution in [3.05, 3.63) is 53.6 Å². The number of sulfonamides is 1. The molecule has 1 aliphatic rings. The Kier molecular flexibility index (Phi) is 6.17. The molecule has 0 radical (unpaired) electrons. The number of carbonyl (C=O) groups is 2. The molecule has 2 aromatic rings. The second kappa shape index (κ2) is 8.47. The van der Waals surface area contributed by atoms with Crippen LogP contribution < -0.4 is 14.5 Å². The quantitative estimate of drug-likeness (QED) is 0.764. The Morgan fingerprint density at radius 2 is 1.80 bits per heavy atom. The second-order valence-corrected chi connectivity index (χ2v) is 9.57. The first-order chi connectivity index (χ1) is 14.1. The number of anilines is 3. The van der Waals surface area contributed by atoms with E-state index in [2.05, 4.69) is 5.32 Å². The van der Waals surface area contributed by atoms with Gasteiger partial charge in [-0.3, -0.25) is 13.9 Å². The predicted octanol–water partition coefficient (Wildman–Crippen LogP) is 3.22. The van der Waals surface area contributed by atoms with Gasteiger partial charge in [0.05, 0.1) is 11.9 Å². The summed E-state index contributed by atoms with van der Waals surface area (Å²) in [4.78, 5) is 26.5. The Morgan fingerprint density at radius 3 is 2.37 bits per heavy atom. The highest BCUT2D eigenvalue weighted by Crippen LogP contribution is 2.27. The fraction of sp³-hybridized carbons (Fsp3) is 0.364. The molecule has 3 rings (SSSR count). The van der Waals surface area contributed by atoms with Gasteiger partial charge in [-0.1, -0.05) is 12.1 Å². The monoisotopic (exact) mass is 429 g/mol. The van der Waals surface area contributed by atoms with Gasteiger partial charge in [0.2, 0.25) is 21.8 Å². The van der Waals surface area contributed by atoms with Crippen LogP contribution >= 0.6 is 0 Å². The van der Waals surface area contributed by atoms with Crippen molar-refractivity contribution in [2.45, 2.75) is 39.7 Å². The minimum absolute atomic E-state index is 0.0951. The molecule has 0 aromatic heterocycles. The molecule has 1 fully saturated rings. The number of nitrogens with one attached hydrogen (secondary N) is 1. The molecule has 30 heavy (non-hydrogen) atoms. The number of rotatable bonds is 6. The topological polar surface area (TPSA) is 86.8 Å². The van der Waals surface area contributed by atoms with Crippen LogP contribution in [0.3, 0.4) is 0 Å². The van der Waals surface area contributed by atoms with E-state index in [4.69, 9.17) is 0 Å². The zero-order chi connectivity index (χ0) is 22.1. The Bertz CT molecular complexity index is 1060. The average molecular weight is 430 g/mol. The predicted molar refractivity (Wildman–Crippen MR) is 119 cm³/mol. The zero-order valence-corrected chi connectivity index (χ0v) is 18.5. The van der Waals surface area contributed by atoms with E-state index in [-0.39, 0.29) is 5.91 Å². The summed E-state index contributed by atoms with van der Waals surface area (Å²) in [7, 11) is -3.69. The maximum atomic E-state index is 12.9. The Morgan fingerprint density at radius 1 is 1.13 bits per heavy atom. The smallest absolute Gasteiger partial charge is 0.247 e. The zero-order valence-electron chi connectivity index (χ0n) is 17.7. The van der Waals surface area contributed by atoms with Crippen LogP contribution in [0.2, 0.25) is 0 Å². The van der Waals surface area contributed by atoms with Crippen molar-refractivity contribution >= 4 is 38.9 Å². The highest BCUT2D eigenvalue weighted by Gasteiger charge is 2.30. The summed E-state index contributed by atoms with van der Waals surface area (Å²) in [6.45, 7) is 5.95. The van der Waals surface area contributed by atoms with Crippen molar-refractivity contribution in [2.24, 2.45) is 0 Å². The van der Waals surface area contributed by atoms with E-state index < -0.39 is 22.0 Å². The van der Waals surface area contributed by atoms with Crippen molar-refractivity contribution in [2.75, 3.05) is 27.3 Å². The third-order valence-electron chi connectivity index (χ3n) is 5.21. The highest BCUT2D eigenvalue weighted by atomic mass is 32.2. The molecule has 1 saturated heterocycles. The van der Waals surface area contributed by atoms with Gasteiger partial charge < -0.3 is 10.2 Å². The molecule has 0 spiro atoms. The number of hydrogen-bond donors (Lipinski definition) is 1. The van der Waals surface area contributed by atoms with E-state index in [1.54, 1.807) is 42.2 Å². The third-order valence-corrected chi connectivity index (χ3v) is 6.44. The first-order valence-electron chi connectivity index (χ1n) is 9.86. The summed E-state index contributed by atoms with van der Waals surface area (Å²) in [5, 5.41) is 2.78. The van der Waals surface area contributed by atoms with Crippen molar-refractivity contribution in [1.82, 2.24) is 0 Å². The molecule has 2 amide bonds. The van der Waals surface area contributed by atoms with Crippen LogP contribution in [-0.2, 0) is 19.6 Å². The van der Waals surface area contributed by atoms with Crippen molar-refractivity contribution in [1.29, 1.82) is 0 Å². The number of nitrogens with zero attached hydrogens (tertiary/aromatic N) is 2. The summed E-state index contributed by atoms with van der Waals surface area (Å²) < 4.78 is 26.2. The van der Waals surface area contributed by atoms with Gasteiger partial charge in [0.15, 0.2) is 0 Å². The van der Waals surface area contributed by atoms with Crippen molar-refractivity contribution in [3.63, 3.8) is 0 Å². The van der Waals surface area contributed by atoms with Gasteiger partial charge in [-0.25, -0.2) is 8.42 Å². The van der Waals surface area contributed by atoms with Crippen LogP contribution in [0.5, 0.6) is 0 Å². The Hall–Kier alpha value is -2.87. The Labute approximate surface area is 177 Å². The number of carbonyl (C=O) groups excluding carboxylic acids is 2. The van der Waals surface area contributed by atoms with E-state index in [1.165, 1.54) is 0 Å². The molecule has 1 N–H and O–H groups in total. The van der Waals surface area contributed by atoms with Crippen LogP contribution in [-0.4, -0.2) is 39.1 Å². The molecule has 160 valence electrons. The van der Waals surface area contributed by atoms with Crippen molar-refractivity contribution in [3.8, 4) is 0 Å². The maximum absolute atomic E-state index is 12.9. The second-order valence-electron chi connectivity index (χ2n) is 7.71. The lowest BCUT2D eigenvalue weighted by Gasteiger charge is -2.29. The van der Waals surface area contributed by atoms with Crippen LogP contribution in [0.4, 0.5) is 17.1 Å². The summed E-state index contributed by atoms with van der Waals surface area (Å²) in [5.74, 6) is -0.343. The highest BCUT2D eigenvalue weighted by molar-refractivity contribution is 7.92. The summed E-state index contributed by atoms with van der Waals surface area (Å²) in [6, 6.07) is 11.6. The molecular formula is C22H27N3O4S. The van der Waals surface area contributed by atoms with Gasteiger partial charge in [-0.15, -0.1) is 0 Å². The summed E-state index contributed by atoms with van der Waals surface area (Å²) in [6.07, 6.45) is 2.49. The van der Waals surface area contributed by atoms with Gasteiger partial charge in [0, 0.05) is 24.3 Å². The van der Waals surface area contributed by atoms with E-state index in [0.29, 0.717) is 24.3 Å². The first kappa shape index (κ1) is 21.8. The maximum Gasteiger partial charge on any atom is 0.247 e. The molecule has 0 saturated carbocycles. The van der Waals surface area contributed by atoms with Gasteiger partial charge in [-0.2, -0.15) is 0 Å². The van der Waals surface area contributed by atoms with E-state index >= 15 is 0 Å². The van der Waals surface area contributed by atoms with Crippen LogP contribution in [0.25, 0.3) is 0 Å². The van der Waals surface area contributed by atoms with Crippen LogP contribution in [0.1, 0.15) is 30.9 Å². The van der Waals surface area contributed by atoms with Gasteiger partial charge >= 0.3 is 0 Å². The van der Waals surface area contributed by atoms with Crippen LogP contribution in [0, 0.1) is 13.8 Å². The first-order valence-corrected chi connectivity index (χ1v) is 11.7. The molecule has 1 atom stereocenters. The molecule has 1 aliphatic heterocycles. The summed E-state index contributed by atoms with van der Waals surface area (Å²) in [5.41, 5.74) is 3.49. The van der Waals surface area contributed by atoms with E-state index in [0.717, 1.165) is 33.8 Å². The molecule has 0 unspecified atom stereocenters. The van der Waals surface area contributed by atoms with Gasteiger partial charge in [0.25, 0.3) is 0 Å². The standard InChI is InChI=1S/C22H27N3O4S/c1-15-7-8-16(2)20(14-15)25(30(4,28)29)17(3)22(27)23-18-9-11-19(12-10-18)24-13-5-6-21(24)26/h7-12,14,17H,5-6,13H2,1-4H3,(H,23,27)/t17-/m0/s1. The molecule has 0 bridgehead atoms. The molecule has 7 nitrogen and oxygen atoms in total. The average Bonchev–Trinajstić information content (AvgIpc) is 3.10. The molecule has 0 aliphatic carbocycles. The van der Waals surface area contributed by atoms with E-state index in [1.807, 2.05) is 26.0 Å². The molecular weight excluding hydrogens is 402 g/mol. The lowest BCUT2D eigenvalue weighted by molar-refractivity contribution is -0.117. The number of benzene rings is 2. The van der Waals surface area contributed by atoms with Crippen molar-refractivity contribution < 1.29 is 18.0 Å². The number of hydrogen-bond acceptors (Lipinski definition) is 4. The lowest BCUT2D eigenvalue weighted by atomic mass is 10.1. The van der Waals surface area contributed by atoms with E-state index in [9.17, 15) is 18.0 Å². The third kappa shape index (κ3) is 4.64. The minimum Gasteiger partial charge on any atom is -0.324 e. The summed E-state index contributed by atoms with van der Waals surface area (Å²) >= 11 is 0.